The molecule has 22 heavy (non-hydrogen) atoms. The van der Waals surface area contributed by atoms with E-state index in [-0.39, 0.29) is 5.41 Å². The van der Waals surface area contributed by atoms with E-state index in [4.69, 9.17) is 23.2 Å². The molecule has 0 saturated carbocycles. The Hall–Kier alpha value is -0.980. The fourth-order valence-electron chi connectivity index (χ4n) is 2.02. The predicted molar refractivity (Wildman–Crippen MR) is 100 cm³/mol. The number of halogens is 2. The maximum Gasteiger partial charge on any atom is 0.0629 e. The van der Waals surface area contributed by atoms with Crippen molar-refractivity contribution in [3.05, 3.63) is 69.7 Å². The summed E-state index contributed by atoms with van der Waals surface area (Å²) >= 11 is 11.9. The van der Waals surface area contributed by atoms with Crippen LogP contribution in [0.5, 0.6) is 0 Å². The van der Waals surface area contributed by atoms with Gasteiger partial charge in [0.05, 0.1) is 10.0 Å². The monoisotopic (exact) mass is 336 g/mol. The van der Waals surface area contributed by atoms with Crippen LogP contribution in [0, 0.1) is 0 Å². The van der Waals surface area contributed by atoms with Gasteiger partial charge in [-0.2, -0.15) is 0 Å². The molecule has 2 aromatic carbocycles. The Bertz CT molecular complexity index is 587. The van der Waals surface area contributed by atoms with Gasteiger partial charge in [-0.15, -0.1) is 0 Å². The largest absolute Gasteiger partial charge is 0.0827 e. The summed E-state index contributed by atoms with van der Waals surface area (Å²) in [7, 11) is 0. The van der Waals surface area contributed by atoms with Crippen LogP contribution in [0.4, 0.5) is 0 Å². The zero-order chi connectivity index (χ0) is 17.0. The van der Waals surface area contributed by atoms with E-state index in [1.165, 1.54) is 5.56 Å². The first-order valence-electron chi connectivity index (χ1n) is 7.53. The van der Waals surface area contributed by atoms with Crippen molar-refractivity contribution in [2.24, 2.45) is 0 Å². The minimum absolute atomic E-state index is 0.0575. The summed E-state index contributed by atoms with van der Waals surface area (Å²) in [5.41, 5.74) is 2.84. The molecule has 0 aromatic heterocycles. The molecule has 0 atom stereocenters. The molecular formula is C20H26Cl2. The molecule has 120 valence electrons. The molecule has 0 aliphatic carbocycles. The van der Waals surface area contributed by atoms with Crippen molar-refractivity contribution < 1.29 is 0 Å². The van der Waals surface area contributed by atoms with Crippen molar-refractivity contribution in [1.29, 1.82) is 0 Å². The van der Waals surface area contributed by atoms with E-state index in [9.17, 15) is 0 Å². The van der Waals surface area contributed by atoms with Gasteiger partial charge in [0.15, 0.2) is 0 Å². The van der Waals surface area contributed by atoms with Crippen molar-refractivity contribution in [1.82, 2.24) is 0 Å². The first-order chi connectivity index (χ1) is 10.0. The second-order valence-corrected chi connectivity index (χ2v) is 8.25. The number of benzene rings is 2. The first kappa shape index (κ1) is 19.1. The van der Waals surface area contributed by atoms with Crippen molar-refractivity contribution >= 4 is 23.2 Å². The van der Waals surface area contributed by atoms with E-state index in [2.05, 4.69) is 71.9 Å². The fraction of sp³-hybridized carbons (Fsp3) is 0.400. The zero-order valence-electron chi connectivity index (χ0n) is 14.4. The molecule has 0 nitrogen and oxygen atoms in total. The molecule has 0 saturated heterocycles. The molecule has 2 heteroatoms. The summed E-state index contributed by atoms with van der Waals surface area (Å²) in [6.45, 7) is 13.0. The van der Waals surface area contributed by atoms with Gasteiger partial charge in [0.1, 0.15) is 0 Å². The van der Waals surface area contributed by atoms with Gasteiger partial charge in [-0.1, -0.05) is 107 Å². The van der Waals surface area contributed by atoms with Gasteiger partial charge in [-0.3, -0.25) is 0 Å². The second-order valence-electron chi connectivity index (χ2n) is 7.47. The van der Waals surface area contributed by atoms with Crippen LogP contribution >= 0.6 is 23.2 Å². The standard InChI is InChI=1S/C10H12Cl2.C10H14/c1-10(2,3)7-5-4-6-8(11)9(7)12;1-10(2,3)9-7-5-4-6-8-9/h4-6H,1-3H3;4-8H,1-3H3. The Kier molecular flexibility index (Phi) is 6.52. The minimum atomic E-state index is 0.0575. The minimum Gasteiger partial charge on any atom is -0.0827 e. The summed E-state index contributed by atoms with van der Waals surface area (Å²) in [6.07, 6.45) is 0. The predicted octanol–water partition coefficient (Wildman–Crippen LogP) is 7.28. The van der Waals surface area contributed by atoms with Gasteiger partial charge in [0, 0.05) is 0 Å². The quantitative estimate of drug-likeness (QED) is 0.474. The molecule has 0 amide bonds. The van der Waals surface area contributed by atoms with Crippen LogP contribution in [0.1, 0.15) is 52.7 Å². The average Bonchev–Trinajstić information content (AvgIpc) is 2.41. The van der Waals surface area contributed by atoms with Gasteiger partial charge >= 0.3 is 0 Å². The maximum absolute atomic E-state index is 6.05. The van der Waals surface area contributed by atoms with E-state index in [1.807, 2.05) is 12.1 Å². The molecule has 0 aliphatic heterocycles. The number of hydrogen-bond acceptors (Lipinski definition) is 0. The third-order valence-electron chi connectivity index (χ3n) is 3.40. The highest BCUT2D eigenvalue weighted by Gasteiger charge is 2.18. The highest BCUT2D eigenvalue weighted by atomic mass is 35.5. The summed E-state index contributed by atoms with van der Waals surface area (Å²) in [6, 6.07) is 16.3. The molecule has 0 heterocycles. The van der Waals surface area contributed by atoms with Crippen molar-refractivity contribution in [3.8, 4) is 0 Å². The lowest BCUT2D eigenvalue weighted by Crippen LogP contribution is -2.11. The van der Waals surface area contributed by atoms with E-state index < -0.39 is 0 Å². The third-order valence-corrected chi connectivity index (χ3v) is 4.22. The molecule has 0 bridgehead atoms. The zero-order valence-corrected chi connectivity index (χ0v) is 15.9. The maximum atomic E-state index is 6.05. The third kappa shape index (κ3) is 5.66. The van der Waals surface area contributed by atoms with E-state index >= 15 is 0 Å². The summed E-state index contributed by atoms with van der Waals surface area (Å²) in [4.78, 5) is 0. The Labute approximate surface area is 145 Å². The molecule has 0 fully saturated rings. The lowest BCUT2D eigenvalue weighted by Gasteiger charge is -2.20. The van der Waals surface area contributed by atoms with Crippen LogP contribution in [-0.2, 0) is 10.8 Å². The Morgan fingerprint density at radius 2 is 1.18 bits per heavy atom. The topological polar surface area (TPSA) is 0 Å². The summed E-state index contributed by atoms with van der Waals surface area (Å²) in [5.74, 6) is 0. The second kappa shape index (κ2) is 7.53. The smallest absolute Gasteiger partial charge is 0.0629 e. The van der Waals surface area contributed by atoms with Crippen molar-refractivity contribution in [3.63, 3.8) is 0 Å². The molecular weight excluding hydrogens is 311 g/mol. The highest BCUT2D eigenvalue weighted by molar-refractivity contribution is 6.42. The van der Waals surface area contributed by atoms with Gasteiger partial charge < -0.3 is 0 Å². The van der Waals surface area contributed by atoms with E-state index in [0.29, 0.717) is 15.5 Å². The van der Waals surface area contributed by atoms with Gasteiger partial charge in [0.2, 0.25) is 0 Å². The summed E-state index contributed by atoms with van der Waals surface area (Å²) < 4.78 is 0. The van der Waals surface area contributed by atoms with Crippen molar-refractivity contribution in [2.75, 3.05) is 0 Å². The Balaban J connectivity index is 0.000000224. The molecule has 0 spiro atoms. The highest BCUT2D eigenvalue weighted by Crippen LogP contribution is 2.33. The Morgan fingerprint density at radius 1 is 0.636 bits per heavy atom. The fourth-order valence-corrected chi connectivity index (χ4v) is 2.61. The van der Waals surface area contributed by atoms with Crippen LogP contribution in [0.3, 0.4) is 0 Å². The SMILES string of the molecule is CC(C)(C)c1cccc(Cl)c1Cl.CC(C)(C)c1ccccc1. The number of rotatable bonds is 0. The molecule has 0 aliphatic rings. The van der Waals surface area contributed by atoms with Gasteiger partial charge in [-0.05, 0) is 28.0 Å². The lowest BCUT2D eigenvalue weighted by molar-refractivity contribution is 0.590. The lowest BCUT2D eigenvalue weighted by atomic mass is 9.87. The van der Waals surface area contributed by atoms with E-state index in [0.717, 1.165) is 5.56 Å². The number of hydrogen-bond donors (Lipinski definition) is 0. The molecule has 0 radical (unpaired) electrons. The van der Waals surface area contributed by atoms with Crippen LogP contribution in [0.25, 0.3) is 0 Å². The van der Waals surface area contributed by atoms with E-state index in [1.54, 1.807) is 6.07 Å². The van der Waals surface area contributed by atoms with Crippen LogP contribution < -0.4 is 0 Å². The average molecular weight is 337 g/mol. The van der Waals surface area contributed by atoms with Gasteiger partial charge in [0.25, 0.3) is 0 Å². The van der Waals surface area contributed by atoms with Gasteiger partial charge in [-0.25, -0.2) is 0 Å². The summed E-state index contributed by atoms with van der Waals surface area (Å²) in [5, 5.41) is 1.30. The normalized spacial score (nSPS) is 11.6. The molecule has 2 rings (SSSR count). The molecule has 0 N–H and O–H groups in total. The first-order valence-corrected chi connectivity index (χ1v) is 8.29. The van der Waals surface area contributed by atoms with Crippen LogP contribution in [0.2, 0.25) is 10.0 Å². The van der Waals surface area contributed by atoms with Crippen LogP contribution in [-0.4, -0.2) is 0 Å². The van der Waals surface area contributed by atoms with Crippen LogP contribution in [0.15, 0.2) is 48.5 Å². The molecule has 2 aromatic rings. The Morgan fingerprint density at radius 3 is 1.55 bits per heavy atom. The molecule has 0 unspecified atom stereocenters. The van der Waals surface area contributed by atoms with Crippen molar-refractivity contribution in [2.45, 2.75) is 52.4 Å².